The van der Waals surface area contributed by atoms with Crippen LogP contribution in [0.25, 0.3) is 11.1 Å². The molecule has 2 aliphatic rings. The normalized spacial score (nSPS) is 20.4. The fourth-order valence-electron chi connectivity index (χ4n) is 4.16. The summed E-state index contributed by atoms with van der Waals surface area (Å²) in [4.78, 5) is 0. The van der Waals surface area contributed by atoms with Crippen molar-refractivity contribution in [2.24, 2.45) is 11.0 Å². The van der Waals surface area contributed by atoms with E-state index in [1.54, 1.807) is 0 Å². The van der Waals surface area contributed by atoms with E-state index in [0.717, 1.165) is 17.9 Å². The zero-order chi connectivity index (χ0) is 19.1. The molecule has 0 unspecified atom stereocenters. The lowest BCUT2D eigenvalue weighted by atomic mass is 9.95. The SMILES string of the molecule is CC(C)[C@H]1Oc2ccccc2[C@H]2CC(c3ccc(-c4ccccc4)cc3)=NN21. The van der Waals surface area contributed by atoms with E-state index >= 15 is 0 Å². The Labute approximate surface area is 166 Å². The molecule has 0 amide bonds. The molecule has 140 valence electrons. The van der Waals surface area contributed by atoms with E-state index in [0.29, 0.717) is 5.92 Å². The van der Waals surface area contributed by atoms with Gasteiger partial charge in [0.15, 0.2) is 6.23 Å². The van der Waals surface area contributed by atoms with Crippen molar-refractivity contribution in [3.05, 3.63) is 90.0 Å². The number of rotatable bonds is 3. The lowest BCUT2D eigenvalue weighted by Crippen LogP contribution is -2.43. The highest BCUT2D eigenvalue weighted by Crippen LogP contribution is 2.44. The lowest BCUT2D eigenvalue weighted by molar-refractivity contribution is -0.0461. The molecule has 0 N–H and O–H groups in total. The molecule has 2 heterocycles. The Morgan fingerprint density at radius 2 is 1.46 bits per heavy atom. The first-order valence-corrected chi connectivity index (χ1v) is 9.98. The van der Waals surface area contributed by atoms with Crippen LogP contribution < -0.4 is 4.74 Å². The van der Waals surface area contributed by atoms with Crippen molar-refractivity contribution in [3.63, 3.8) is 0 Å². The third kappa shape index (κ3) is 2.88. The number of hydrogen-bond acceptors (Lipinski definition) is 3. The number of hydrazone groups is 1. The van der Waals surface area contributed by atoms with Crippen LogP contribution in [0.2, 0.25) is 0 Å². The summed E-state index contributed by atoms with van der Waals surface area (Å²) >= 11 is 0. The zero-order valence-corrected chi connectivity index (χ0v) is 16.2. The summed E-state index contributed by atoms with van der Waals surface area (Å²) in [6.07, 6.45) is 0.884. The van der Waals surface area contributed by atoms with Gasteiger partial charge in [-0.25, -0.2) is 5.01 Å². The van der Waals surface area contributed by atoms with Crippen LogP contribution in [0.3, 0.4) is 0 Å². The number of benzene rings is 3. The van der Waals surface area contributed by atoms with E-state index in [-0.39, 0.29) is 12.3 Å². The first kappa shape index (κ1) is 17.1. The Kier molecular flexibility index (Phi) is 4.16. The highest BCUT2D eigenvalue weighted by molar-refractivity contribution is 6.02. The van der Waals surface area contributed by atoms with Crippen molar-refractivity contribution in [1.29, 1.82) is 0 Å². The molecule has 0 aromatic heterocycles. The van der Waals surface area contributed by atoms with Crippen LogP contribution in [0.15, 0.2) is 84.0 Å². The van der Waals surface area contributed by atoms with Crippen LogP contribution in [-0.4, -0.2) is 16.9 Å². The Balaban J connectivity index is 1.47. The number of para-hydroxylation sites is 1. The molecule has 3 nitrogen and oxygen atoms in total. The van der Waals surface area contributed by atoms with Gasteiger partial charge in [0, 0.05) is 17.9 Å². The molecule has 0 radical (unpaired) electrons. The van der Waals surface area contributed by atoms with Crippen LogP contribution >= 0.6 is 0 Å². The fraction of sp³-hybridized carbons (Fsp3) is 0.240. The van der Waals surface area contributed by atoms with Gasteiger partial charge in [-0.2, -0.15) is 5.10 Å². The maximum absolute atomic E-state index is 6.29. The van der Waals surface area contributed by atoms with Crippen LogP contribution in [0.4, 0.5) is 0 Å². The quantitative estimate of drug-likeness (QED) is 0.577. The first-order valence-electron chi connectivity index (χ1n) is 9.98. The van der Waals surface area contributed by atoms with Gasteiger partial charge in [-0.15, -0.1) is 0 Å². The van der Waals surface area contributed by atoms with Crippen molar-refractivity contribution in [1.82, 2.24) is 5.01 Å². The van der Waals surface area contributed by atoms with Crippen molar-refractivity contribution < 1.29 is 4.74 Å². The van der Waals surface area contributed by atoms with Gasteiger partial charge in [-0.1, -0.05) is 86.6 Å². The Morgan fingerprint density at radius 3 is 2.21 bits per heavy atom. The lowest BCUT2D eigenvalue weighted by Gasteiger charge is -2.39. The maximum Gasteiger partial charge on any atom is 0.190 e. The second-order valence-electron chi connectivity index (χ2n) is 7.88. The molecule has 5 rings (SSSR count). The average Bonchev–Trinajstić information content (AvgIpc) is 3.19. The van der Waals surface area contributed by atoms with E-state index in [1.807, 2.05) is 12.1 Å². The van der Waals surface area contributed by atoms with Crippen LogP contribution in [-0.2, 0) is 0 Å². The van der Waals surface area contributed by atoms with Crippen molar-refractivity contribution >= 4 is 5.71 Å². The van der Waals surface area contributed by atoms with E-state index in [1.165, 1.54) is 22.3 Å². The van der Waals surface area contributed by atoms with Crippen LogP contribution in [0, 0.1) is 5.92 Å². The third-order valence-electron chi connectivity index (χ3n) is 5.62. The minimum Gasteiger partial charge on any atom is -0.468 e. The minimum atomic E-state index is -0.0269. The molecule has 3 aromatic rings. The summed E-state index contributed by atoms with van der Waals surface area (Å²) < 4.78 is 6.29. The zero-order valence-electron chi connectivity index (χ0n) is 16.2. The molecular weight excluding hydrogens is 344 g/mol. The summed E-state index contributed by atoms with van der Waals surface area (Å²) in [5.41, 5.74) is 6.03. The van der Waals surface area contributed by atoms with Gasteiger partial charge in [0.25, 0.3) is 0 Å². The summed E-state index contributed by atoms with van der Waals surface area (Å²) in [7, 11) is 0. The summed E-state index contributed by atoms with van der Waals surface area (Å²) in [5.74, 6) is 1.36. The topological polar surface area (TPSA) is 24.8 Å². The molecule has 0 saturated heterocycles. The predicted octanol–water partition coefficient (Wildman–Crippen LogP) is 5.88. The molecule has 3 aromatic carbocycles. The first-order chi connectivity index (χ1) is 13.7. The van der Waals surface area contributed by atoms with E-state index in [9.17, 15) is 0 Å². The highest BCUT2D eigenvalue weighted by atomic mass is 16.5. The minimum absolute atomic E-state index is 0.0269. The van der Waals surface area contributed by atoms with Gasteiger partial charge in [0.1, 0.15) is 5.75 Å². The van der Waals surface area contributed by atoms with Gasteiger partial charge in [0.05, 0.1) is 11.8 Å². The van der Waals surface area contributed by atoms with Crippen LogP contribution in [0.5, 0.6) is 5.75 Å². The van der Waals surface area contributed by atoms with Gasteiger partial charge < -0.3 is 4.74 Å². The molecule has 2 atom stereocenters. The molecule has 0 spiro atoms. The van der Waals surface area contributed by atoms with E-state index in [4.69, 9.17) is 9.84 Å². The van der Waals surface area contributed by atoms with Crippen molar-refractivity contribution in [3.8, 4) is 16.9 Å². The Bertz CT molecular complexity index is 1010. The predicted molar refractivity (Wildman–Crippen MR) is 113 cm³/mol. The van der Waals surface area contributed by atoms with Gasteiger partial charge >= 0.3 is 0 Å². The van der Waals surface area contributed by atoms with Gasteiger partial charge in [-0.05, 0) is 22.8 Å². The Hall–Kier alpha value is -3.07. The monoisotopic (exact) mass is 368 g/mol. The molecular formula is C25H24N2O. The number of ether oxygens (including phenoxy) is 1. The van der Waals surface area contributed by atoms with E-state index < -0.39 is 0 Å². The molecule has 0 fully saturated rings. The van der Waals surface area contributed by atoms with Crippen LogP contribution in [0.1, 0.15) is 37.4 Å². The molecule has 28 heavy (non-hydrogen) atoms. The molecule has 2 aliphatic heterocycles. The Morgan fingerprint density at radius 1 is 0.821 bits per heavy atom. The number of hydrogen-bond donors (Lipinski definition) is 0. The summed E-state index contributed by atoms with van der Waals surface area (Å²) in [5, 5.41) is 7.18. The molecule has 3 heteroatoms. The van der Waals surface area contributed by atoms with E-state index in [2.05, 4.69) is 85.6 Å². The smallest absolute Gasteiger partial charge is 0.190 e. The van der Waals surface area contributed by atoms with Gasteiger partial charge in [0.2, 0.25) is 0 Å². The second kappa shape index (κ2) is 6.83. The summed E-state index contributed by atoms with van der Waals surface area (Å²) in [6.45, 7) is 4.38. The van der Waals surface area contributed by atoms with Gasteiger partial charge in [-0.3, -0.25) is 0 Å². The van der Waals surface area contributed by atoms with Crippen molar-refractivity contribution in [2.75, 3.05) is 0 Å². The third-order valence-corrected chi connectivity index (χ3v) is 5.62. The molecule has 0 bridgehead atoms. The van der Waals surface area contributed by atoms with Crippen molar-refractivity contribution in [2.45, 2.75) is 32.5 Å². The maximum atomic E-state index is 6.29. The average molecular weight is 368 g/mol. The largest absolute Gasteiger partial charge is 0.468 e. The molecule has 0 aliphatic carbocycles. The highest BCUT2D eigenvalue weighted by Gasteiger charge is 2.41. The number of fused-ring (bicyclic) bond motifs is 3. The second-order valence-corrected chi connectivity index (χ2v) is 7.88. The standard InChI is InChI=1S/C25H24N2O/c1-17(2)25-27-23(21-10-6-7-11-24(21)28-25)16-22(26-27)20-14-12-19(13-15-20)18-8-4-3-5-9-18/h3-15,17,23,25H,16H2,1-2H3/t23-,25-/m1/s1. The molecule has 0 saturated carbocycles. The summed E-state index contributed by atoms with van der Waals surface area (Å²) in [6, 6.07) is 27.9. The number of nitrogens with zero attached hydrogens (tertiary/aromatic N) is 2. The fourth-order valence-corrected chi connectivity index (χ4v) is 4.16.